The van der Waals surface area contributed by atoms with Crippen LogP contribution >= 0.6 is 0 Å². The third-order valence-electron chi connectivity index (χ3n) is 5.25. The van der Waals surface area contributed by atoms with E-state index in [4.69, 9.17) is 15.6 Å². The highest BCUT2D eigenvalue weighted by atomic mass is 19.1. The Balaban J connectivity index is 1.60. The van der Waals surface area contributed by atoms with Crippen LogP contribution in [0.25, 0.3) is 10.9 Å². The molecule has 1 aromatic heterocycles. The van der Waals surface area contributed by atoms with Crippen molar-refractivity contribution in [2.24, 2.45) is 5.73 Å². The van der Waals surface area contributed by atoms with E-state index in [1.165, 1.54) is 6.07 Å². The molecule has 4 aromatic rings. The lowest BCUT2D eigenvalue weighted by Gasteiger charge is -2.09. The van der Waals surface area contributed by atoms with Gasteiger partial charge in [0, 0.05) is 29.2 Å². The molecular weight excluding hydrogens is 395 g/mol. The standard InChI is InChI=1S/C25H23FN2O3/c26-23-4-2-1-3-20(23)16-31-21-9-10-24-22(13-21)19(11-12-27)15-28(24)14-17-5-7-18(8-6-17)25(29)30/h1-10,13,15H,11-12,14,16,27H2,(H,29,30). The summed E-state index contributed by atoms with van der Waals surface area (Å²) in [5.41, 5.74) is 9.72. The first-order valence-corrected chi connectivity index (χ1v) is 10.1. The van der Waals surface area contributed by atoms with Gasteiger partial charge in [0.1, 0.15) is 18.2 Å². The van der Waals surface area contributed by atoms with Crippen molar-refractivity contribution >= 4 is 16.9 Å². The van der Waals surface area contributed by atoms with Crippen LogP contribution in [0.1, 0.15) is 27.0 Å². The van der Waals surface area contributed by atoms with Gasteiger partial charge < -0.3 is 20.1 Å². The maximum atomic E-state index is 13.9. The van der Waals surface area contributed by atoms with Crippen LogP contribution in [0.2, 0.25) is 0 Å². The minimum absolute atomic E-state index is 0.154. The lowest BCUT2D eigenvalue weighted by atomic mass is 10.1. The molecule has 0 amide bonds. The molecular formula is C25H23FN2O3. The van der Waals surface area contributed by atoms with Crippen molar-refractivity contribution in [1.29, 1.82) is 0 Å². The maximum absolute atomic E-state index is 13.9. The van der Waals surface area contributed by atoms with Crippen molar-refractivity contribution in [3.05, 3.63) is 101 Å². The van der Waals surface area contributed by atoms with E-state index in [2.05, 4.69) is 10.8 Å². The summed E-state index contributed by atoms with van der Waals surface area (Å²) in [7, 11) is 0. The molecule has 3 N–H and O–H groups in total. The fourth-order valence-electron chi connectivity index (χ4n) is 3.65. The summed E-state index contributed by atoms with van der Waals surface area (Å²) >= 11 is 0. The lowest BCUT2D eigenvalue weighted by molar-refractivity contribution is 0.0697. The highest BCUT2D eigenvalue weighted by Gasteiger charge is 2.11. The number of aromatic nitrogens is 1. The monoisotopic (exact) mass is 418 g/mol. The molecule has 6 heteroatoms. The van der Waals surface area contributed by atoms with Crippen LogP contribution in [0.3, 0.4) is 0 Å². The molecule has 0 unspecified atom stereocenters. The third kappa shape index (κ3) is 4.59. The molecule has 5 nitrogen and oxygen atoms in total. The zero-order valence-electron chi connectivity index (χ0n) is 16.9. The van der Waals surface area contributed by atoms with Crippen LogP contribution in [-0.4, -0.2) is 22.2 Å². The summed E-state index contributed by atoms with van der Waals surface area (Å²) in [6.45, 7) is 1.28. The number of hydrogen-bond donors (Lipinski definition) is 2. The smallest absolute Gasteiger partial charge is 0.335 e. The number of rotatable bonds is 8. The summed E-state index contributed by atoms with van der Waals surface area (Å²) < 4.78 is 21.8. The average Bonchev–Trinajstić information content (AvgIpc) is 3.10. The Labute approximate surface area is 179 Å². The van der Waals surface area contributed by atoms with Gasteiger partial charge in [-0.05, 0) is 60.5 Å². The Bertz CT molecular complexity index is 1220. The first-order valence-electron chi connectivity index (χ1n) is 10.1. The zero-order valence-corrected chi connectivity index (χ0v) is 16.9. The minimum atomic E-state index is -0.939. The molecule has 0 fully saturated rings. The second kappa shape index (κ2) is 9.02. The third-order valence-corrected chi connectivity index (χ3v) is 5.25. The quantitative estimate of drug-likeness (QED) is 0.438. The zero-order chi connectivity index (χ0) is 21.8. The number of carboxylic acids is 1. The predicted molar refractivity (Wildman–Crippen MR) is 118 cm³/mol. The SMILES string of the molecule is NCCc1cn(Cc2ccc(C(=O)O)cc2)c2ccc(OCc3ccccc3F)cc12. The van der Waals surface area contributed by atoms with Gasteiger partial charge in [0.15, 0.2) is 0 Å². The van der Waals surface area contributed by atoms with Crippen molar-refractivity contribution in [1.82, 2.24) is 4.57 Å². The van der Waals surface area contributed by atoms with Gasteiger partial charge in [-0.2, -0.15) is 0 Å². The molecule has 0 atom stereocenters. The van der Waals surface area contributed by atoms with Crippen LogP contribution in [0.15, 0.2) is 72.9 Å². The number of ether oxygens (including phenoxy) is 1. The molecule has 0 aliphatic carbocycles. The Morgan fingerprint density at radius 3 is 2.52 bits per heavy atom. The first kappa shape index (κ1) is 20.6. The predicted octanol–water partition coefficient (Wildman–Crippen LogP) is 4.61. The molecule has 4 rings (SSSR count). The van der Waals surface area contributed by atoms with Crippen molar-refractivity contribution in [2.45, 2.75) is 19.6 Å². The Kier molecular flexibility index (Phi) is 6.00. The van der Waals surface area contributed by atoms with E-state index >= 15 is 0 Å². The fourth-order valence-corrected chi connectivity index (χ4v) is 3.65. The van der Waals surface area contributed by atoms with Gasteiger partial charge in [0.25, 0.3) is 0 Å². The van der Waals surface area contributed by atoms with Crippen molar-refractivity contribution in [3.8, 4) is 5.75 Å². The molecule has 0 saturated carbocycles. The number of benzene rings is 3. The van der Waals surface area contributed by atoms with Crippen LogP contribution in [-0.2, 0) is 19.6 Å². The molecule has 0 bridgehead atoms. The topological polar surface area (TPSA) is 77.5 Å². The van der Waals surface area contributed by atoms with Gasteiger partial charge >= 0.3 is 5.97 Å². The number of fused-ring (bicyclic) bond motifs is 1. The number of aromatic carboxylic acids is 1. The molecule has 158 valence electrons. The highest BCUT2D eigenvalue weighted by Crippen LogP contribution is 2.28. The fraction of sp³-hybridized carbons (Fsp3) is 0.160. The van der Waals surface area contributed by atoms with E-state index in [1.807, 2.05) is 30.3 Å². The summed E-state index contributed by atoms with van der Waals surface area (Å²) in [6, 6.07) is 19.3. The minimum Gasteiger partial charge on any atom is -0.489 e. The van der Waals surface area contributed by atoms with Crippen LogP contribution in [0.5, 0.6) is 5.75 Å². The first-order chi connectivity index (χ1) is 15.0. The maximum Gasteiger partial charge on any atom is 0.335 e. The number of nitrogens with zero attached hydrogens (tertiary/aromatic N) is 1. The molecule has 0 aliphatic rings. The molecule has 0 saturated heterocycles. The largest absolute Gasteiger partial charge is 0.489 e. The number of hydrogen-bond acceptors (Lipinski definition) is 3. The molecule has 0 aliphatic heterocycles. The van der Waals surface area contributed by atoms with E-state index in [0.717, 1.165) is 28.5 Å². The second-order valence-corrected chi connectivity index (χ2v) is 7.38. The van der Waals surface area contributed by atoms with E-state index in [9.17, 15) is 9.18 Å². The van der Waals surface area contributed by atoms with Crippen LogP contribution in [0, 0.1) is 5.82 Å². The normalized spacial score (nSPS) is 11.0. The van der Waals surface area contributed by atoms with Crippen molar-refractivity contribution < 1.29 is 19.0 Å². The molecule has 0 radical (unpaired) electrons. The number of nitrogens with two attached hydrogens (primary N) is 1. The van der Waals surface area contributed by atoms with Crippen LogP contribution in [0.4, 0.5) is 4.39 Å². The summed E-state index contributed by atoms with van der Waals surface area (Å²) in [5.74, 6) is -0.559. The molecule has 31 heavy (non-hydrogen) atoms. The number of halogens is 1. The molecule has 3 aromatic carbocycles. The number of carboxylic acid groups (broad SMARTS) is 1. The van der Waals surface area contributed by atoms with Gasteiger partial charge in [-0.1, -0.05) is 30.3 Å². The van der Waals surface area contributed by atoms with E-state index < -0.39 is 5.97 Å². The van der Waals surface area contributed by atoms with Gasteiger partial charge in [-0.25, -0.2) is 9.18 Å². The Hall–Kier alpha value is -3.64. The van der Waals surface area contributed by atoms with Gasteiger partial charge in [0.05, 0.1) is 5.56 Å². The lowest BCUT2D eigenvalue weighted by Crippen LogP contribution is -2.02. The highest BCUT2D eigenvalue weighted by molar-refractivity contribution is 5.87. The van der Waals surface area contributed by atoms with E-state index in [0.29, 0.717) is 24.4 Å². The summed E-state index contributed by atoms with van der Waals surface area (Å²) in [4.78, 5) is 11.1. The summed E-state index contributed by atoms with van der Waals surface area (Å²) in [5, 5.41) is 10.1. The van der Waals surface area contributed by atoms with E-state index in [1.54, 1.807) is 30.3 Å². The Morgan fingerprint density at radius 2 is 1.81 bits per heavy atom. The summed E-state index contributed by atoms with van der Waals surface area (Å²) in [6.07, 6.45) is 2.79. The van der Waals surface area contributed by atoms with Crippen LogP contribution < -0.4 is 10.5 Å². The second-order valence-electron chi connectivity index (χ2n) is 7.38. The van der Waals surface area contributed by atoms with Crippen molar-refractivity contribution in [2.75, 3.05) is 6.54 Å². The van der Waals surface area contributed by atoms with Gasteiger partial charge in [-0.15, -0.1) is 0 Å². The average molecular weight is 418 g/mol. The van der Waals surface area contributed by atoms with Gasteiger partial charge in [-0.3, -0.25) is 0 Å². The van der Waals surface area contributed by atoms with Gasteiger partial charge in [0.2, 0.25) is 0 Å². The number of carbonyl (C=O) groups is 1. The Morgan fingerprint density at radius 1 is 1.03 bits per heavy atom. The van der Waals surface area contributed by atoms with Crippen molar-refractivity contribution in [3.63, 3.8) is 0 Å². The molecule has 0 spiro atoms. The molecule has 1 heterocycles. The van der Waals surface area contributed by atoms with E-state index in [-0.39, 0.29) is 18.0 Å².